The topological polar surface area (TPSA) is 64.3 Å². The first kappa shape index (κ1) is 14.5. The number of halogens is 1. The van der Waals surface area contributed by atoms with Gasteiger partial charge in [0, 0.05) is 17.1 Å². The second kappa shape index (κ2) is 6.41. The summed E-state index contributed by atoms with van der Waals surface area (Å²) >= 11 is 3.42. The Bertz CT molecular complexity index is 482. The van der Waals surface area contributed by atoms with Gasteiger partial charge in [-0.3, -0.25) is 4.79 Å². The van der Waals surface area contributed by atoms with E-state index in [1.807, 2.05) is 24.8 Å². The minimum Gasteiger partial charge on any atom is -0.481 e. The summed E-state index contributed by atoms with van der Waals surface area (Å²) in [5, 5.41) is 17.7. The third kappa shape index (κ3) is 3.47. The monoisotopic (exact) mass is 310 g/mol. The lowest BCUT2D eigenvalue weighted by atomic mass is 10.1. The quantitative estimate of drug-likeness (QED) is 0.908. The number of anilines is 1. The fraction of sp³-hybridized carbons (Fsp3) is 0.385. The molecule has 0 aliphatic heterocycles. The predicted molar refractivity (Wildman–Crippen MR) is 73.6 cm³/mol. The Morgan fingerprint density at radius 3 is 2.72 bits per heavy atom. The van der Waals surface area contributed by atoms with Crippen molar-refractivity contribution in [2.24, 2.45) is 0 Å². The summed E-state index contributed by atoms with van der Waals surface area (Å²) in [4.78, 5) is 12.8. The molecule has 0 aliphatic rings. The minimum absolute atomic E-state index is 0.0836. The smallest absolute Gasteiger partial charge is 0.305 e. The largest absolute Gasteiger partial charge is 0.481 e. The van der Waals surface area contributed by atoms with Crippen molar-refractivity contribution in [2.75, 3.05) is 11.4 Å². The zero-order valence-electron chi connectivity index (χ0n) is 10.4. The van der Waals surface area contributed by atoms with Crippen molar-refractivity contribution in [3.05, 3.63) is 28.2 Å². The number of hydrogen-bond acceptors (Lipinski definition) is 3. The second-order valence-corrected chi connectivity index (χ2v) is 4.87. The van der Waals surface area contributed by atoms with Gasteiger partial charge in [0.2, 0.25) is 0 Å². The number of hydrogen-bond donors (Lipinski definition) is 1. The van der Waals surface area contributed by atoms with Gasteiger partial charge >= 0.3 is 5.97 Å². The predicted octanol–water partition coefficient (Wildman–Crippen LogP) is 3.01. The molecule has 0 saturated heterocycles. The van der Waals surface area contributed by atoms with Crippen LogP contribution in [0.1, 0.15) is 25.8 Å². The lowest BCUT2D eigenvalue weighted by Crippen LogP contribution is -2.34. The minimum atomic E-state index is -0.814. The maximum absolute atomic E-state index is 10.8. The van der Waals surface area contributed by atoms with Gasteiger partial charge in [0.1, 0.15) is 0 Å². The van der Waals surface area contributed by atoms with Crippen molar-refractivity contribution in [1.82, 2.24) is 0 Å². The molecule has 0 spiro atoms. The molecule has 1 N–H and O–H groups in total. The van der Waals surface area contributed by atoms with Gasteiger partial charge in [-0.05, 0) is 48.0 Å². The van der Waals surface area contributed by atoms with Crippen molar-refractivity contribution >= 4 is 27.6 Å². The number of carboxylic acids is 1. The molecule has 4 nitrogen and oxygen atoms in total. The average molecular weight is 311 g/mol. The van der Waals surface area contributed by atoms with E-state index < -0.39 is 5.97 Å². The Labute approximate surface area is 115 Å². The highest BCUT2D eigenvalue weighted by molar-refractivity contribution is 9.10. The summed E-state index contributed by atoms with van der Waals surface area (Å²) in [5.74, 6) is -0.814. The first-order chi connectivity index (χ1) is 8.49. The van der Waals surface area contributed by atoms with E-state index in [0.29, 0.717) is 12.1 Å². The maximum atomic E-state index is 10.8. The van der Waals surface area contributed by atoms with Crippen LogP contribution in [0.15, 0.2) is 22.7 Å². The molecule has 1 aromatic rings. The molecule has 96 valence electrons. The highest BCUT2D eigenvalue weighted by Crippen LogP contribution is 2.29. The molecule has 1 aromatic carbocycles. The molecule has 1 unspecified atom stereocenters. The van der Waals surface area contributed by atoms with Crippen molar-refractivity contribution in [3.8, 4) is 6.07 Å². The van der Waals surface area contributed by atoms with Crippen LogP contribution in [0.3, 0.4) is 0 Å². The molecule has 1 rings (SSSR count). The lowest BCUT2D eigenvalue weighted by Gasteiger charge is -2.30. The van der Waals surface area contributed by atoms with E-state index in [2.05, 4.69) is 22.0 Å². The summed E-state index contributed by atoms with van der Waals surface area (Å²) in [6.45, 7) is 4.56. The number of nitrogens with zero attached hydrogens (tertiary/aromatic N) is 2. The van der Waals surface area contributed by atoms with Crippen LogP contribution in [0.4, 0.5) is 5.69 Å². The van der Waals surface area contributed by atoms with Crippen LogP contribution in [-0.4, -0.2) is 23.7 Å². The van der Waals surface area contributed by atoms with Gasteiger partial charge < -0.3 is 10.0 Å². The van der Waals surface area contributed by atoms with E-state index >= 15 is 0 Å². The van der Waals surface area contributed by atoms with Crippen LogP contribution in [0.25, 0.3) is 0 Å². The number of aliphatic carboxylic acids is 1. The average Bonchev–Trinajstić information content (AvgIpc) is 2.31. The molecule has 18 heavy (non-hydrogen) atoms. The van der Waals surface area contributed by atoms with E-state index in [-0.39, 0.29) is 12.5 Å². The summed E-state index contributed by atoms with van der Waals surface area (Å²) < 4.78 is 0.806. The fourth-order valence-electron chi connectivity index (χ4n) is 1.89. The maximum Gasteiger partial charge on any atom is 0.305 e. The normalized spacial score (nSPS) is 11.7. The van der Waals surface area contributed by atoms with E-state index in [1.165, 1.54) is 0 Å². The van der Waals surface area contributed by atoms with Gasteiger partial charge in [0.15, 0.2) is 0 Å². The van der Waals surface area contributed by atoms with Gasteiger partial charge in [-0.15, -0.1) is 0 Å². The highest BCUT2D eigenvalue weighted by atomic mass is 79.9. The number of rotatable bonds is 5. The Hall–Kier alpha value is -1.54. The van der Waals surface area contributed by atoms with Crippen LogP contribution >= 0.6 is 15.9 Å². The van der Waals surface area contributed by atoms with E-state index in [0.717, 1.165) is 10.2 Å². The molecule has 0 aliphatic carbocycles. The summed E-state index contributed by atoms with van der Waals surface area (Å²) in [6, 6.07) is 7.28. The first-order valence-electron chi connectivity index (χ1n) is 5.67. The van der Waals surface area contributed by atoms with Crippen LogP contribution in [-0.2, 0) is 4.79 Å². The van der Waals surface area contributed by atoms with Gasteiger partial charge in [-0.2, -0.15) is 5.26 Å². The third-order valence-corrected chi connectivity index (χ3v) is 3.36. The Morgan fingerprint density at radius 1 is 1.61 bits per heavy atom. The molecule has 1 atom stereocenters. The molecule has 5 heteroatoms. The SMILES string of the molecule is CCN(c1ccc(C#N)cc1Br)C(C)CC(=O)O. The van der Waals surface area contributed by atoms with Gasteiger partial charge in [-0.25, -0.2) is 0 Å². The zero-order chi connectivity index (χ0) is 13.7. The van der Waals surface area contributed by atoms with Crippen LogP contribution < -0.4 is 4.90 Å². The van der Waals surface area contributed by atoms with E-state index in [4.69, 9.17) is 10.4 Å². The molecule has 0 radical (unpaired) electrons. The zero-order valence-corrected chi connectivity index (χ0v) is 11.9. The summed E-state index contributed by atoms with van der Waals surface area (Å²) in [5.41, 5.74) is 1.48. The van der Waals surface area contributed by atoms with Gasteiger partial charge in [0.05, 0.1) is 23.7 Å². The first-order valence-corrected chi connectivity index (χ1v) is 6.47. The molecule has 0 fully saturated rings. The molecule has 0 bridgehead atoms. The summed E-state index contributed by atoms with van der Waals surface area (Å²) in [7, 11) is 0. The Morgan fingerprint density at radius 2 is 2.28 bits per heavy atom. The van der Waals surface area contributed by atoms with Crippen molar-refractivity contribution in [1.29, 1.82) is 5.26 Å². The molecule has 0 aromatic heterocycles. The Balaban J connectivity index is 3.02. The lowest BCUT2D eigenvalue weighted by molar-refractivity contribution is -0.137. The molecular weight excluding hydrogens is 296 g/mol. The van der Waals surface area contributed by atoms with E-state index in [9.17, 15) is 4.79 Å². The highest BCUT2D eigenvalue weighted by Gasteiger charge is 2.18. The molecular formula is C13H15BrN2O2. The second-order valence-electron chi connectivity index (χ2n) is 4.01. The van der Waals surface area contributed by atoms with Gasteiger partial charge in [-0.1, -0.05) is 0 Å². The van der Waals surface area contributed by atoms with Crippen LogP contribution in [0.5, 0.6) is 0 Å². The number of nitriles is 1. The van der Waals surface area contributed by atoms with Crippen LogP contribution in [0.2, 0.25) is 0 Å². The molecule has 0 saturated carbocycles. The Kier molecular flexibility index (Phi) is 5.17. The standard InChI is InChI=1S/C13H15BrN2O2/c1-3-16(9(2)6-13(17)18)12-5-4-10(8-15)7-11(12)14/h4-5,7,9H,3,6H2,1-2H3,(H,17,18). The van der Waals surface area contributed by atoms with Crippen LogP contribution in [0, 0.1) is 11.3 Å². The molecule has 0 amide bonds. The molecule has 0 heterocycles. The number of carboxylic acid groups (broad SMARTS) is 1. The number of carbonyl (C=O) groups is 1. The van der Waals surface area contributed by atoms with Crippen molar-refractivity contribution in [2.45, 2.75) is 26.3 Å². The van der Waals surface area contributed by atoms with E-state index in [1.54, 1.807) is 12.1 Å². The van der Waals surface area contributed by atoms with Crippen molar-refractivity contribution in [3.63, 3.8) is 0 Å². The third-order valence-electron chi connectivity index (χ3n) is 2.73. The van der Waals surface area contributed by atoms with Gasteiger partial charge in [0.25, 0.3) is 0 Å². The number of benzene rings is 1. The van der Waals surface area contributed by atoms with Crippen molar-refractivity contribution < 1.29 is 9.90 Å². The summed E-state index contributed by atoms with van der Waals surface area (Å²) in [6.07, 6.45) is 0.0836. The fourth-order valence-corrected chi connectivity index (χ4v) is 2.50.